The molecular weight excluding hydrogens is 420 g/mol. The number of hydrogen-bond donors (Lipinski definition) is 1. The third-order valence-corrected chi connectivity index (χ3v) is 4.95. The smallest absolute Gasteiger partial charge is 0.322 e. The van der Waals surface area contributed by atoms with E-state index in [9.17, 15) is 23.2 Å². The third-order valence-electron chi connectivity index (χ3n) is 4.95. The summed E-state index contributed by atoms with van der Waals surface area (Å²) < 4.78 is 30.9. The number of halogens is 2. The van der Waals surface area contributed by atoms with Crippen LogP contribution in [-0.4, -0.2) is 24.8 Å². The second-order valence-electron chi connectivity index (χ2n) is 7.14. The minimum absolute atomic E-state index is 0.00637. The standard InChI is InChI=1S/C22H19F2N5O3/c1-2-27-12-18-20(26-27)21(31)29(11-14-6-4-3-5-7-14)22(32)28(18)13-19(30)25-17-10-15(23)8-9-16(17)24/h3-10,12H,2,11,13H2,1H3,(H,25,30). The molecule has 1 amide bonds. The molecule has 2 aromatic heterocycles. The van der Waals surface area contributed by atoms with Crippen molar-refractivity contribution in [3.8, 4) is 0 Å². The molecule has 8 nitrogen and oxygen atoms in total. The predicted octanol–water partition coefficient (Wildman–Crippen LogP) is 2.34. The molecule has 1 N–H and O–H groups in total. The quantitative estimate of drug-likeness (QED) is 0.499. The van der Waals surface area contributed by atoms with Crippen molar-refractivity contribution in [2.45, 2.75) is 26.6 Å². The highest BCUT2D eigenvalue weighted by atomic mass is 19.1. The lowest BCUT2D eigenvalue weighted by atomic mass is 10.2. The average molecular weight is 439 g/mol. The van der Waals surface area contributed by atoms with Gasteiger partial charge in [-0.2, -0.15) is 5.10 Å². The van der Waals surface area contributed by atoms with Crippen molar-refractivity contribution in [2.75, 3.05) is 5.32 Å². The van der Waals surface area contributed by atoms with Crippen molar-refractivity contribution in [2.24, 2.45) is 0 Å². The van der Waals surface area contributed by atoms with Crippen molar-refractivity contribution >= 4 is 22.6 Å². The molecule has 0 spiro atoms. The van der Waals surface area contributed by atoms with Crippen molar-refractivity contribution in [1.82, 2.24) is 18.9 Å². The molecule has 10 heteroatoms. The zero-order chi connectivity index (χ0) is 22.8. The first-order valence-corrected chi connectivity index (χ1v) is 9.87. The van der Waals surface area contributed by atoms with Gasteiger partial charge in [-0.25, -0.2) is 13.6 Å². The van der Waals surface area contributed by atoms with Crippen molar-refractivity contribution < 1.29 is 13.6 Å². The average Bonchev–Trinajstić information content (AvgIpc) is 3.22. The van der Waals surface area contributed by atoms with Gasteiger partial charge in [0, 0.05) is 18.8 Å². The summed E-state index contributed by atoms with van der Waals surface area (Å²) in [5.74, 6) is -2.29. The summed E-state index contributed by atoms with van der Waals surface area (Å²) in [5.41, 5.74) is -0.695. The number of anilines is 1. The topological polar surface area (TPSA) is 90.9 Å². The SMILES string of the molecule is CCn1cc2c(n1)c(=O)n(Cc1ccccc1)c(=O)n2CC(=O)Nc1cc(F)ccc1F. The van der Waals surface area contributed by atoms with Crippen LogP contribution in [0.1, 0.15) is 12.5 Å². The monoisotopic (exact) mass is 439 g/mol. The minimum Gasteiger partial charge on any atom is -0.322 e. The number of benzene rings is 2. The number of fused-ring (bicyclic) bond motifs is 1. The Balaban J connectivity index is 1.78. The molecule has 0 saturated carbocycles. The molecule has 0 atom stereocenters. The Kier molecular flexibility index (Phi) is 5.67. The van der Waals surface area contributed by atoms with Crippen LogP contribution in [-0.2, 0) is 24.4 Å². The Bertz CT molecular complexity index is 1420. The summed E-state index contributed by atoms with van der Waals surface area (Å²) in [7, 11) is 0. The molecule has 0 aliphatic heterocycles. The van der Waals surface area contributed by atoms with Crippen molar-refractivity contribution in [3.63, 3.8) is 0 Å². The second-order valence-corrected chi connectivity index (χ2v) is 7.14. The van der Waals surface area contributed by atoms with Crippen LogP contribution in [0.15, 0.2) is 64.3 Å². The molecule has 0 aliphatic carbocycles. The lowest BCUT2D eigenvalue weighted by molar-refractivity contribution is -0.116. The number of hydrogen-bond acceptors (Lipinski definition) is 4. The number of nitrogens with one attached hydrogen (secondary N) is 1. The fourth-order valence-electron chi connectivity index (χ4n) is 3.37. The van der Waals surface area contributed by atoms with Gasteiger partial charge in [-0.1, -0.05) is 30.3 Å². The van der Waals surface area contributed by atoms with Gasteiger partial charge in [-0.15, -0.1) is 0 Å². The maximum atomic E-state index is 13.9. The molecule has 2 heterocycles. The van der Waals surface area contributed by atoms with E-state index in [1.54, 1.807) is 24.3 Å². The van der Waals surface area contributed by atoms with E-state index >= 15 is 0 Å². The first-order chi connectivity index (χ1) is 15.4. The summed E-state index contributed by atoms with van der Waals surface area (Å²) in [6, 6.07) is 11.6. The summed E-state index contributed by atoms with van der Waals surface area (Å²) in [5, 5.41) is 6.50. The van der Waals surface area contributed by atoms with Gasteiger partial charge in [-0.3, -0.25) is 23.4 Å². The van der Waals surface area contributed by atoms with Crippen LogP contribution >= 0.6 is 0 Å². The van der Waals surface area contributed by atoms with Gasteiger partial charge in [0.15, 0.2) is 5.52 Å². The highest BCUT2D eigenvalue weighted by molar-refractivity contribution is 5.91. The van der Waals surface area contributed by atoms with Crippen LogP contribution in [0.25, 0.3) is 11.0 Å². The Labute approximate surface area is 180 Å². The van der Waals surface area contributed by atoms with Crippen LogP contribution in [0.3, 0.4) is 0 Å². The Morgan fingerprint density at radius 2 is 1.81 bits per heavy atom. The third kappa shape index (κ3) is 4.07. The highest BCUT2D eigenvalue weighted by Gasteiger charge is 2.19. The molecular formula is C22H19F2N5O3. The van der Waals surface area contributed by atoms with Crippen LogP contribution in [0.5, 0.6) is 0 Å². The van der Waals surface area contributed by atoms with Crippen molar-refractivity contribution in [3.05, 3.63) is 92.8 Å². The minimum atomic E-state index is -0.815. The highest BCUT2D eigenvalue weighted by Crippen LogP contribution is 2.15. The first kappa shape index (κ1) is 21.2. The van der Waals surface area contributed by atoms with Gasteiger partial charge < -0.3 is 5.32 Å². The number of rotatable bonds is 6. The molecule has 2 aromatic carbocycles. The largest absolute Gasteiger partial charge is 0.332 e. The molecule has 0 fully saturated rings. The lowest BCUT2D eigenvalue weighted by Gasteiger charge is -2.12. The lowest BCUT2D eigenvalue weighted by Crippen LogP contribution is -2.41. The molecule has 0 bridgehead atoms. The number of carbonyl (C=O) groups excluding carboxylic acids is 1. The molecule has 32 heavy (non-hydrogen) atoms. The Hall–Kier alpha value is -4.08. The first-order valence-electron chi connectivity index (χ1n) is 9.87. The summed E-state index contributed by atoms with van der Waals surface area (Å²) in [4.78, 5) is 38.8. The number of carbonyl (C=O) groups is 1. The molecule has 4 rings (SSSR count). The molecule has 0 unspecified atom stereocenters. The summed E-state index contributed by atoms with van der Waals surface area (Å²) >= 11 is 0. The van der Waals surface area contributed by atoms with E-state index in [-0.39, 0.29) is 23.3 Å². The van der Waals surface area contributed by atoms with Crippen LogP contribution in [0.2, 0.25) is 0 Å². The van der Waals surface area contributed by atoms with Gasteiger partial charge in [-0.05, 0) is 24.6 Å². The maximum Gasteiger partial charge on any atom is 0.332 e. The van der Waals surface area contributed by atoms with E-state index in [4.69, 9.17) is 0 Å². The van der Waals surface area contributed by atoms with Gasteiger partial charge in [0.2, 0.25) is 5.91 Å². The second kappa shape index (κ2) is 8.58. The fourth-order valence-corrected chi connectivity index (χ4v) is 3.37. The number of aromatic nitrogens is 4. The predicted molar refractivity (Wildman–Crippen MR) is 114 cm³/mol. The zero-order valence-corrected chi connectivity index (χ0v) is 17.1. The van der Waals surface area contributed by atoms with Crippen LogP contribution in [0.4, 0.5) is 14.5 Å². The molecule has 164 valence electrons. The van der Waals surface area contributed by atoms with Gasteiger partial charge in [0.25, 0.3) is 5.56 Å². The van der Waals surface area contributed by atoms with E-state index in [0.29, 0.717) is 6.54 Å². The number of amides is 1. The fraction of sp³-hybridized carbons (Fsp3) is 0.182. The summed E-state index contributed by atoms with van der Waals surface area (Å²) in [6.45, 7) is 1.74. The Morgan fingerprint density at radius 1 is 1.06 bits per heavy atom. The van der Waals surface area contributed by atoms with E-state index in [2.05, 4.69) is 10.4 Å². The number of aryl methyl sites for hydroxylation is 1. The molecule has 0 aliphatic rings. The van der Waals surface area contributed by atoms with Gasteiger partial charge >= 0.3 is 5.69 Å². The van der Waals surface area contributed by atoms with Crippen LogP contribution in [0, 0.1) is 11.6 Å². The van der Waals surface area contributed by atoms with Crippen LogP contribution < -0.4 is 16.6 Å². The maximum absolute atomic E-state index is 13.9. The molecule has 4 aromatic rings. The zero-order valence-electron chi connectivity index (χ0n) is 17.1. The Morgan fingerprint density at radius 3 is 2.53 bits per heavy atom. The van der Waals surface area contributed by atoms with Gasteiger partial charge in [0.05, 0.1) is 17.7 Å². The van der Waals surface area contributed by atoms with Crippen molar-refractivity contribution in [1.29, 1.82) is 0 Å². The number of nitrogens with zero attached hydrogens (tertiary/aromatic N) is 4. The molecule has 0 saturated heterocycles. The molecule has 0 radical (unpaired) electrons. The summed E-state index contributed by atoms with van der Waals surface area (Å²) in [6.07, 6.45) is 1.50. The van der Waals surface area contributed by atoms with Gasteiger partial charge in [0.1, 0.15) is 18.2 Å². The van der Waals surface area contributed by atoms with E-state index in [0.717, 1.165) is 32.9 Å². The normalized spacial score (nSPS) is 11.1. The van der Waals surface area contributed by atoms with E-state index in [1.807, 2.05) is 13.0 Å². The van der Waals surface area contributed by atoms with E-state index in [1.165, 1.54) is 10.9 Å². The van der Waals surface area contributed by atoms with E-state index < -0.39 is 35.3 Å².